The standard InChI is InChI=1S/C7H9ClN2OS/c8-5-3-9-6(12-5)10-7(4-11)1-2-7/h3,11H,1-2,4H2,(H,9,10). The Hall–Kier alpha value is -0.320. The molecule has 1 heterocycles. The second-order valence-corrected chi connectivity index (χ2v) is 4.69. The van der Waals surface area contributed by atoms with E-state index in [0.29, 0.717) is 4.34 Å². The fraction of sp³-hybridized carbons (Fsp3) is 0.571. The summed E-state index contributed by atoms with van der Waals surface area (Å²) in [5, 5.41) is 13.0. The van der Waals surface area contributed by atoms with Gasteiger partial charge in [-0.2, -0.15) is 0 Å². The van der Waals surface area contributed by atoms with Gasteiger partial charge in [0, 0.05) is 0 Å². The average Bonchev–Trinajstić information content (AvgIpc) is 2.71. The molecule has 1 aromatic rings. The monoisotopic (exact) mass is 204 g/mol. The van der Waals surface area contributed by atoms with Crippen molar-refractivity contribution in [3.8, 4) is 0 Å². The molecule has 0 spiro atoms. The van der Waals surface area contributed by atoms with Gasteiger partial charge in [0.1, 0.15) is 4.34 Å². The van der Waals surface area contributed by atoms with Gasteiger partial charge in [-0.05, 0) is 12.8 Å². The van der Waals surface area contributed by atoms with Crippen molar-refractivity contribution in [2.45, 2.75) is 18.4 Å². The predicted octanol–water partition coefficient (Wildman–Crippen LogP) is 1.73. The molecule has 1 fully saturated rings. The van der Waals surface area contributed by atoms with Crippen LogP contribution in [0, 0.1) is 0 Å². The molecular formula is C7H9ClN2OS. The van der Waals surface area contributed by atoms with Gasteiger partial charge in [-0.3, -0.25) is 0 Å². The Balaban J connectivity index is 2.04. The van der Waals surface area contributed by atoms with E-state index in [1.165, 1.54) is 11.3 Å². The number of hydrogen-bond acceptors (Lipinski definition) is 4. The predicted molar refractivity (Wildman–Crippen MR) is 49.8 cm³/mol. The third-order valence-electron chi connectivity index (χ3n) is 2.01. The first-order valence-electron chi connectivity index (χ1n) is 3.74. The summed E-state index contributed by atoms with van der Waals surface area (Å²) in [4.78, 5) is 4.05. The number of hydrogen-bond donors (Lipinski definition) is 2. The first-order chi connectivity index (χ1) is 5.74. The second kappa shape index (κ2) is 2.87. The number of rotatable bonds is 3. The highest BCUT2D eigenvalue weighted by molar-refractivity contribution is 7.19. The van der Waals surface area contributed by atoms with Gasteiger partial charge < -0.3 is 10.4 Å². The SMILES string of the molecule is OCC1(Nc2ncc(Cl)s2)CC1. The van der Waals surface area contributed by atoms with Gasteiger partial charge in [0.05, 0.1) is 18.3 Å². The Morgan fingerprint density at radius 3 is 2.92 bits per heavy atom. The summed E-state index contributed by atoms with van der Waals surface area (Å²) in [5.74, 6) is 0. The largest absolute Gasteiger partial charge is 0.394 e. The number of nitrogens with one attached hydrogen (secondary N) is 1. The lowest BCUT2D eigenvalue weighted by atomic mass is 10.3. The van der Waals surface area contributed by atoms with Crippen molar-refractivity contribution in [2.24, 2.45) is 0 Å². The quantitative estimate of drug-likeness (QED) is 0.789. The summed E-state index contributed by atoms with van der Waals surface area (Å²) in [5.41, 5.74) is -0.0960. The summed E-state index contributed by atoms with van der Waals surface area (Å²) in [6.07, 6.45) is 3.64. The molecule has 0 unspecified atom stereocenters. The maximum absolute atomic E-state index is 9.01. The van der Waals surface area contributed by atoms with Crippen LogP contribution in [0.3, 0.4) is 0 Å². The van der Waals surface area contributed by atoms with Crippen LogP contribution >= 0.6 is 22.9 Å². The molecule has 0 atom stereocenters. The van der Waals surface area contributed by atoms with Gasteiger partial charge >= 0.3 is 0 Å². The molecule has 0 aromatic carbocycles. The van der Waals surface area contributed by atoms with Crippen LogP contribution in [0.15, 0.2) is 6.20 Å². The molecule has 0 amide bonds. The highest BCUT2D eigenvalue weighted by Crippen LogP contribution is 2.39. The fourth-order valence-electron chi connectivity index (χ4n) is 1.01. The van der Waals surface area contributed by atoms with Gasteiger partial charge in [0.25, 0.3) is 0 Å². The van der Waals surface area contributed by atoms with Crippen molar-refractivity contribution < 1.29 is 5.11 Å². The first kappa shape index (κ1) is 8.29. The van der Waals surface area contributed by atoms with Crippen molar-refractivity contribution in [2.75, 3.05) is 11.9 Å². The van der Waals surface area contributed by atoms with Crippen LogP contribution < -0.4 is 5.32 Å². The average molecular weight is 205 g/mol. The molecule has 0 bridgehead atoms. The molecule has 1 saturated carbocycles. The van der Waals surface area contributed by atoms with Crippen molar-refractivity contribution in [1.82, 2.24) is 4.98 Å². The summed E-state index contributed by atoms with van der Waals surface area (Å²) in [6.45, 7) is 0.171. The van der Waals surface area contributed by atoms with E-state index in [0.717, 1.165) is 18.0 Å². The molecule has 1 aliphatic carbocycles. The normalized spacial score (nSPS) is 19.2. The van der Waals surface area contributed by atoms with Crippen molar-refractivity contribution in [3.63, 3.8) is 0 Å². The highest BCUT2D eigenvalue weighted by atomic mass is 35.5. The molecule has 2 rings (SSSR count). The van der Waals surface area contributed by atoms with E-state index in [9.17, 15) is 0 Å². The highest BCUT2D eigenvalue weighted by Gasteiger charge is 2.42. The lowest BCUT2D eigenvalue weighted by Crippen LogP contribution is -2.25. The zero-order valence-electron chi connectivity index (χ0n) is 6.38. The minimum atomic E-state index is -0.0960. The molecule has 2 N–H and O–H groups in total. The van der Waals surface area contributed by atoms with E-state index < -0.39 is 0 Å². The van der Waals surface area contributed by atoms with Gasteiger partial charge in [-0.15, -0.1) is 0 Å². The summed E-state index contributed by atoms with van der Waals surface area (Å²) < 4.78 is 0.672. The van der Waals surface area contributed by atoms with Crippen LogP contribution in [-0.2, 0) is 0 Å². The Kier molecular flexibility index (Phi) is 1.98. The van der Waals surface area contributed by atoms with Crippen LogP contribution in [0.4, 0.5) is 5.13 Å². The van der Waals surface area contributed by atoms with Crippen LogP contribution in [0.1, 0.15) is 12.8 Å². The Morgan fingerprint density at radius 2 is 2.50 bits per heavy atom. The van der Waals surface area contributed by atoms with Gasteiger partial charge in [-0.25, -0.2) is 4.98 Å². The maximum Gasteiger partial charge on any atom is 0.184 e. The van der Waals surface area contributed by atoms with Gasteiger partial charge in [0.15, 0.2) is 5.13 Å². The molecule has 0 aliphatic heterocycles. The van der Waals surface area contributed by atoms with E-state index in [1.54, 1.807) is 6.20 Å². The zero-order valence-corrected chi connectivity index (χ0v) is 7.95. The minimum Gasteiger partial charge on any atom is -0.394 e. The van der Waals surface area contributed by atoms with Crippen LogP contribution in [0.5, 0.6) is 0 Å². The molecule has 66 valence electrons. The molecule has 12 heavy (non-hydrogen) atoms. The van der Waals surface area contributed by atoms with E-state index in [1.807, 2.05) is 0 Å². The van der Waals surface area contributed by atoms with E-state index in [-0.39, 0.29) is 12.1 Å². The first-order valence-corrected chi connectivity index (χ1v) is 4.94. The lowest BCUT2D eigenvalue weighted by Gasteiger charge is -2.11. The summed E-state index contributed by atoms with van der Waals surface area (Å²) in [6, 6.07) is 0. The van der Waals surface area contributed by atoms with Crippen molar-refractivity contribution in [1.29, 1.82) is 0 Å². The van der Waals surface area contributed by atoms with Crippen molar-refractivity contribution in [3.05, 3.63) is 10.5 Å². The molecule has 5 heteroatoms. The van der Waals surface area contributed by atoms with Gasteiger partial charge in [-0.1, -0.05) is 22.9 Å². The Morgan fingerprint density at radius 1 is 1.75 bits per heavy atom. The minimum absolute atomic E-state index is 0.0960. The van der Waals surface area contributed by atoms with Crippen molar-refractivity contribution >= 4 is 28.1 Å². The van der Waals surface area contributed by atoms with E-state index in [4.69, 9.17) is 16.7 Å². The number of thiazole rings is 1. The molecular weight excluding hydrogens is 196 g/mol. The fourth-order valence-corrected chi connectivity index (χ4v) is 1.94. The number of nitrogens with zero attached hydrogens (tertiary/aromatic N) is 1. The zero-order chi connectivity index (χ0) is 8.60. The smallest absolute Gasteiger partial charge is 0.184 e. The van der Waals surface area contributed by atoms with Gasteiger partial charge in [0.2, 0.25) is 0 Å². The number of aliphatic hydroxyl groups is 1. The second-order valence-electron chi connectivity index (χ2n) is 3.03. The Bertz CT molecular complexity index is 285. The summed E-state index contributed by atoms with van der Waals surface area (Å²) in [7, 11) is 0. The molecule has 0 saturated heterocycles. The van der Waals surface area contributed by atoms with E-state index >= 15 is 0 Å². The van der Waals surface area contributed by atoms with Crippen LogP contribution in [0.2, 0.25) is 4.34 Å². The summed E-state index contributed by atoms with van der Waals surface area (Å²) >= 11 is 7.11. The molecule has 3 nitrogen and oxygen atoms in total. The molecule has 0 radical (unpaired) electrons. The number of aromatic nitrogens is 1. The third-order valence-corrected chi connectivity index (χ3v) is 3.04. The number of halogens is 1. The number of aliphatic hydroxyl groups excluding tert-OH is 1. The maximum atomic E-state index is 9.01. The van der Waals surface area contributed by atoms with Crippen LogP contribution in [0.25, 0.3) is 0 Å². The molecule has 1 aliphatic rings. The lowest BCUT2D eigenvalue weighted by molar-refractivity contribution is 0.266. The molecule has 1 aromatic heterocycles. The third kappa shape index (κ3) is 1.55. The van der Waals surface area contributed by atoms with E-state index in [2.05, 4.69) is 10.3 Å². The van der Waals surface area contributed by atoms with Crippen LogP contribution in [-0.4, -0.2) is 22.2 Å². The number of anilines is 1. The topological polar surface area (TPSA) is 45.1 Å². The Labute approximate surface area is 79.4 Å².